The van der Waals surface area contributed by atoms with Crippen molar-refractivity contribution in [1.82, 2.24) is 24.1 Å². The van der Waals surface area contributed by atoms with Gasteiger partial charge in [-0.25, -0.2) is 22.9 Å². The van der Waals surface area contributed by atoms with E-state index in [1.165, 1.54) is 4.57 Å². The average Bonchev–Trinajstić information content (AvgIpc) is 2.84. The van der Waals surface area contributed by atoms with Gasteiger partial charge in [0.25, 0.3) is 21.0 Å². The molecule has 0 aliphatic carbocycles. The molecule has 21 heavy (non-hydrogen) atoms. The zero-order valence-corrected chi connectivity index (χ0v) is 11.6. The fourth-order valence-corrected chi connectivity index (χ4v) is 2.31. The predicted molar refractivity (Wildman–Crippen MR) is 72.5 cm³/mol. The lowest BCUT2D eigenvalue weighted by Crippen LogP contribution is -2.29. The molecule has 3 rings (SSSR count). The van der Waals surface area contributed by atoms with Gasteiger partial charge < -0.3 is 0 Å². The fourth-order valence-electron chi connectivity index (χ4n) is 1.91. The van der Waals surface area contributed by atoms with E-state index < -0.39 is 20.9 Å². The number of benzene rings is 1. The number of nitrogens with zero attached hydrogens (tertiary/aromatic N) is 5. The maximum Gasteiger partial charge on any atom is 0.358 e. The van der Waals surface area contributed by atoms with Crippen LogP contribution in [0.25, 0.3) is 11.5 Å². The normalized spacial score (nSPS) is 11.9. The number of rotatable bonds is 2. The number of sulfonamides is 1. The predicted octanol–water partition coefficient (Wildman–Crippen LogP) is -0.769. The Morgan fingerprint density at radius 1 is 1.14 bits per heavy atom. The first-order valence-corrected chi connectivity index (χ1v) is 7.37. The Bertz CT molecular complexity index is 990. The zero-order valence-electron chi connectivity index (χ0n) is 10.8. The molecule has 2 N–H and O–H groups in total. The standard InChI is InChI=1S/C11H10N6O3S/c1-7-13-9-14-10(21(12,19)20)15-17(9)11(18)16(7)8-5-3-2-4-6-8/h2-6H,1H3,(H2,12,19,20). The highest BCUT2D eigenvalue weighted by Crippen LogP contribution is 2.07. The van der Waals surface area contributed by atoms with E-state index in [9.17, 15) is 13.2 Å². The SMILES string of the molecule is Cc1nc2nc(S(N)(=O)=O)nn2c(=O)n1-c1ccccc1. The molecule has 0 bridgehead atoms. The summed E-state index contributed by atoms with van der Waals surface area (Å²) in [7, 11) is -4.10. The van der Waals surface area contributed by atoms with Crippen molar-refractivity contribution in [3.8, 4) is 5.69 Å². The fraction of sp³-hybridized carbons (Fsp3) is 0.0909. The number of aromatic nitrogens is 5. The maximum atomic E-state index is 12.4. The Balaban J connectivity index is 2.37. The topological polar surface area (TPSA) is 125 Å². The summed E-state index contributed by atoms with van der Waals surface area (Å²) in [6.45, 7) is 1.61. The minimum atomic E-state index is -4.10. The van der Waals surface area contributed by atoms with Crippen LogP contribution in [0.5, 0.6) is 0 Å². The monoisotopic (exact) mass is 306 g/mol. The quantitative estimate of drug-likeness (QED) is 0.662. The van der Waals surface area contributed by atoms with Crippen LogP contribution in [0.4, 0.5) is 0 Å². The Morgan fingerprint density at radius 2 is 1.81 bits per heavy atom. The summed E-state index contributed by atoms with van der Waals surface area (Å²) in [5.74, 6) is 0.237. The summed E-state index contributed by atoms with van der Waals surface area (Å²) < 4.78 is 24.6. The average molecular weight is 306 g/mol. The second-order valence-electron chi connectivity index (χ2n) is 4.26. The highest BCUT2D eigenvalue weighted by atomic mass is 32.2. The molecular formula is C11H10N6O3S. The molecule has 0 radical (unpaired) electrons. The van der Waals surface area contributed by atoms with E-state index in [-0.39, 0.29) is 5.78 Å². The van der Waals surface area contributed by atoms with Crippen molar-refractivity contribution < 1.29 is 8.42 Å². The van der Waals surface area contributed by atoms with Gasteiger partial charge in [-0.1, -0.05) is 18.2 Å². The third-order valence-electron chi connectivity index (χ3n) is 2.80. The van der Waals surface area contributed by atoms with E-state index in [0.29, 0.717) is 11.5 Å². The summed E-state index contributed by atoms with van der Waals surface area (Å²) in [5, 5.41) is 7.92. The van der Waals surface area contributed by atoms with Gasteiger partial charge in [-0.05, 0) is 19.1 Å². The number of fused-ring (bicyclic) bond motifs is 1. The highest BCUT2D eigenvalue weighted by molar-refractivity contribution is 7.89. The van der Waals surface area contributed by atoms with Crippen molar-refractivity contribution in [3.05, 3.63) is 46.6 Å². The molecule has 0 spiro atoms. The maximum absolute atomic E-state index is 12.4. The van der Waals surface area contributed by atoms with Crippen LogP contribution < -0.4 is 10.8 Å². The van der Waals surface area contributed by atoms with Crippen LogP contribution in [0.15, 0.2) is 40.3 Å². The molecule has 2 aromatic heterocycles. The van der Waals surface area contributed by atoms with Crippen LogP contribution in [0.1, 0.15) is 5.82 Å². The van der Waals surface area contributed by atoms with Gasteiger partial charge in [0.1, 0.15) is 5.82 Å². The second-order valence-corrected chi connectivity index (χ2v) is 5.72. The van der Waals surface area contributed by atoms with Gasteiger partial charge in [-0.2, -0.15) is 9.97 Å². The molecule has 0 aliphatic heterocycles. The van der Waals surface area contributed by atoms with Crippen molar-refractivity contribution in [2.24, 2.45) is 5.14 Å². The summed E-state index contributed by atoms with van der Waals surface area (Å²) in [6.07, 6.45) is 0. The number of aryl methyl sites for hydroxylation is 1. The Morgan fingerprint density at radius 3 is 2.43 bits per heavy atom. The van der Waals surface area contributed by atoms with E-state index in [2.05, 4.69) is 15.1 Å². The van der Waals surface area contributed by atoms with Crippen LogP contribution in [0.2, 0.25) is 0 Å². The van der Waals surface area contributed by atoms with Gasteiger partial charge in [0.05, 0.1) is 5.69 Å². The van der Waals surface area contributed by atoms with Gasteiger partial charge >= 0.3 is 5.69 Å². The molecular weight excluding hydrogens is 296 g/mol. The second kappa shape index (κ2) is 4.46. The van der Waals surface area contributed by atoms with Gasteiger partial charge in [0.2, 0.25) is 0 Å². The van der Waals surface area contributed by atoms with E-state index in [0.717, 1.165) is 4.52 Å². The van der Waals surface area contributed by atoms with Crippen molar-refractivity contribution in [2.75, 3.05) is 0 Å². The van der Waals surface area contributed by atoms with Gasteiger partial charge in [-0.3, -0.25) is 0 Å². The van der Waals surface area contributed by atoms with Crippen molar-refractivity contribution in [1.29, 1.82) is 0 Å². The number of primary sulfonamides is 1. The first-order chi connectivity index (χ1) is 9.88. The van der Waals surface area contributed by atoms with Crippen molar-refractivity contribution in [2.45, 2.75) is 12.1 Å². The highest BCUT2D eigenvalue weighted by Gasteiger charge is 2.19. The summed E-state index contributed by atoms with van der Waals surface area (Å²) in [5.41, 5.74) is 0.00755. The lowest BCUT2D eigenvalue weighted by Gasteiger charge is -2.08. The van der Waals surface area contributed by atoms with Crippen LogP contribution >= 0.6 is 0 Å². The van der Waals surface area contributed by atoms with E-state index in [4.69, 9.17) is 5.14 Å². The van der Waals surface area contributed by atoms with Gasteiger partial charge in [0, 0.05) is 0 Å². The smallest absolute Gasteiger partial charge is 0.248 e. The first-order valence-electron chi connectivity index (χ1n) is 5.82. The molecule has 0 aliphatic rings. The lowest BCUT2D eigenvalue weighted by molar-refractivity contribution is 0.587. The summed E-state index contributed by atoms with van der Waals surface area (Å²) >= 11 is 0. The minimum absolute atomic E-state index is 0.117. The molecule has 9 nitrogen and oxygen atoms in total. The first kappa shape index (κ1) is 13.4. The Labute approximate surface area is 118 Å². The third kappa shape index (κ3) is 2.19. The third-order valence-corrected chi connectivity index (χ3v) is 3.48. The van der Waals surface area contributed by atoms with E-state index in [1.54, 1.807) is 31.2 Å². The molecule has 0 saturated heterocycles. The summed E-state index contributed by atoms with van der Waals surface area (Å²) in [4.78, 5) is 20.2. The molecule has 0 atom stereocenters. The number of hydrogen-bond acceptors (Lipinski definition) is 6. The molecule has 0 unspecified atom stereocenters. The number of para-hydroxylation sites is 1. The zero-order chi connectivity index (χ0) is 15.2. The Kier molecular flexibility index (Phi) is 2.85. The number of hydrogen-bond donors (Lipinski definition) is 1. The van der Waals surface area contributed by atoms with E-state index in [1.807, 2.05) is 6.07 Å². The molecule has 108 valence electrons. The van der Waals surface area contributed by atoms with Crippen molar-refractivity contribution in [3.63, 3.8) is 0 Å². The molecule has 2 heterocycles. The van der Waals surface area contributed by atoms with E-state index >= 15 is 0 Å². The number of nitrogens with two attached hydrogens (primary N) is 1. The molecule has 0 saturated carbocycles. The van der Waals surface area contributed by atoms with Gasteiger partial charge in [0.15, 0.2) is 0 Å². The molecule has 1 aromatic carbocycles. The Hall–Kier alpha value is -2.59. The minimum Gasteiger partial charge on any atom is -0.248 e. The van der Waals surface area contributed by atoms with Gasteiger partial charge in [-0.15, -0.1) is 9.61 Å². The van der Waals surface area contributed by atoms with Crippen LogP contribution in [-0.2, 0) is 10.0 Å². The van der Waals surface area contributed by atoms with Crippen molar-refractivity contribution >= 4 is 15.8 Å². The lowest BCUT2D eigenvalue weighted by atomic mass is 10.3. The molecule has 0 fully saturated rings. The molecule has 3 aromatic rings. The van der Waals surface area contributed by atoms with Crippen LogP contribution in [0, 0.1) is 6.92 Å². The van der Waals surface area contributed by atoms with Crippen LogP contribution in [0.3, 0.4) is 0 Å². The summed E-state index contributed by atoms with van der Waals surface area (Å²) in [6, 6.07) is 8.79. The largest absolute Gasteiger partial charge is 0.358 e. The molecule has 10 heteroatoms. The molecule has 0 amide bonds. The van der Waals surface area contributed by atoms with Crippen LogP contribution in [-0.4, -0.2) is 32.6 Å².